The lowest BCUT2D eigenvalue weighted by molar-refractivity contribution is -0.670. The molecule has 0 aromatic heterocycles. The highest BCUT2D eigenvalue weighted by molar-refractivity contribution is 7.74. The Hall–Kier alpha value is -0.420. The van der Waals surface area contributed by atoms with Crippen molar-refractivity contribution in [1.29, 1.82) is 0 Å². The highest BCUT2D eigenvalue weighted by Crippen LogP contribution is 2.09. The summed E-state index contributed by atoms with van der Waals surface area (Å²) in [6.45, 7) is 0. The highest BCUT2D eigenvalue weighted by Gasteiger charge is 2.19. The van der Waals surface area contributed by atoms with Gasteiger partial charge in [-0.2, -0.15) is 0 Å². The van der Waals surface area contributed by atoms with E-state index in [0.29, 0.717) is 0 Å². The maximum absolute atomic E-state index is 4.74. The second-order valence-corrected chi connectivity index (χ2v) is 2.09. The van der Waals surface area contributed by atoms with Crippen molar-refractivity contribution in [3.05, 3.63) is 0 Å². The third-order valence-electron chi connectivity index (χ3n) is 0.535. The molecule has 0 N–H and O–H groups in total. The summed E-state index contributed by atoms with van der Waals surface area (Å²) < 4.78 is 0. The predicted molar refractivity (Wildman–Crippen MR) is 27.1 cm³/mol. The molecular weight excluding hydrogens is 112 g/mol. The molecule has 37 valence electrons. The molecule has 0 saturated carbocycles. The first-order valence-corrected chi connectivity index (χ1v) is 2.11. The molecule has 1 atom stereocenters. The van der Waals surface area contributed by atoms with Crippen LogP contribution in [-0.2, 0) is 0 Å². The van der Waals surface area contributed by atoms with Crippen LogP contribution >= 0.6 is 12.8 Å². The number of hydrogen-bond donors (Lipinski definition) is 0. The van der Waals surface area contributed by atoms with Crippen molar-refractivity contribution in [2.75, 3.05) is 7.05 Å². The van der Waals surface area contributed by atoms with E-state index < -0.39 is 0 Å². The Balaban J connectivity index is 2.77. The number of hydrogen-bond acceptors (Lipinski definition) is 3. The van der Waals surface area contributed by atoms with Crippen LogP contribution < -0.4 is 0 Å². The van der Waals surface area contributed by atoms with Crippen LogP contribution in [0, 0.1) is 0 Å². The summed E-state index contributed by atoms with van der Waals surface area (Å²) in [5.41, 5.74) is 0. The number of rotatable bonds is 0. The molecule has 0 fully saturated rings. The van der Waals surface area contributed by atoms with Gasteiger partial charge in [0.2, 0.25) is 0 Å². The summed E-state index contributed by atoms with van der Waals surface area (Å²) in [4.78, 5) is 0. The lowest BCUT2D eigenvalue weighted by Gasteiger charge is -1.99. The van der Waals surface area contributed by atoms with Crippen molar-refractivity contribution in [2.45, 2.75) is 0 Å². The van der Waals surface area contributed by atoms with Gasteiger partial charge in [0.1, 0.15) is 7.05 Å². The summed E-state index contributed by atoms with van der Waals surface area (Å²) in [6.07, 6.45) is 1.47. The average Bonchev–Trinajstić information content (AvgIpc) is 1.84. The summed E-state index contributed by atoms with van der Waals surface area (Å²) in [5, 5.41) is 10.3. The Morgan fingerprint density at radius 3 is 2.57 bits per heavy atom. The van der Waals surface area contributed by atoms with Gasteiger partial charge in [0, 0.05) is 5.22 Å². The van der Waals surface area contributed by atoms with Crippen LogP contribution in [0.5, 0.6) is 0 Å². The van der Waals surface area contributed by atoms with Gasteiger partial charge in [-0.25, -0.2) is 0 Å². The molecule has 1 aliphatic heterocycles. The molecule has 0 aromatic carbocycles. The Bertz CT molecular complexity index is 112. The first-order valence-electron chi connectivity index (χ1n) is 1.75. The van der Waals surface area contributed by atoms with E-state index in [4.69, 9.17) is 12.8 Å². The van der Waals surface area contributed by atoms with Crippen molar-refractivity contribution in [3.63, 3.8) is 0 Å². The fraction of sp³-hybridized carbons (Fsp3) is 0.500. The third kappa shape index (κ3) is 0.971. The maximum Gasteiger partial charge on any atom is 0.252 e. The summed E-state index contributed by atoms with van der Waals surface area (Å²) in [5.74, 6) is 0. The van der Waals surface area contributed by atoms with Crippen LogP contribution in [0.15, 0.2) is 15.5 Å². The molecule has 1 radical (unpaired) electrons. The maximum atomic E-state index is 4.74. The van der Waals surface area contributed by atoms with Gasteiger partial charge in [0.15, 0.2) is 0 Å². The predicted octanol–water partition coefficient (Wildman–Crippen LogP) is 0.870. The van der Waals surface area contributed by atoms with Gasteiger partial charge >= 0.3 is 0 Å². The minimum absolute atomic E-state index is 0. The van der Waals surface area contributed by atoms with E-state index in [2.05, 4.69) is 15.5 Å². The lowest BCUT2D eigenvalue weighted by Crippen LogP contribution is -2.20. The first kappa shape index (κ1) is 4.73. The molecule has 0 aromatic rings. The van der Waals surface area contributed by atoms with E-state index in [1.807, 2.05) is 0 Å². The minimum Gasteiger partial charge on any atom is -0.0735 e. The van der Waals surface area contributed by atoms with Crippen LogP contribution in [0.25, 0.3) is 0 Å². The van der Waals surface area contributed by atoms with Gasteiger partial charge in [-0.3, -0.25) is 0 Å². The molecule has 0 saturated heterocycles. The van der Waals surface area contributed by atoms with Crippen LogP contribution in [-0.4, -0.2) is 17.4 Å². The molecule has 0 unspecified atom stereocenters. The van der Waals surface area contributed by atoms with Crippen molar-refractivity contribution in [3.8, 4) is 0 Å². The van der Waals surface area contributed by atoms with E-state index >= 15 is 0 Å². The molecule has 0 bridgehead atoms. The van der Waals surface area contributed by atoms with Crippen molar-refractivity contribution >= 4 is 19.2 Å². The van der Waals surface area contributed by atoms with Crippen LogP contribution in [0.4, 0.5) is 0 Å². The second-order valence-electron chi connectivity index (χ2n) is 1.35. The lowest BCUT2D eigenvalue weighted by atomic mass is 11.1. The molecule has 1 aliphatic rings. The SMILES string of the molecule is C[N@+]1([S])C=NN=N1. The Morgan fingerprint density at radius 2 is 2.43 bits per heavy atom. The molecule has 0 aliphatic carbocycles. The van der Waals surface area contributed by atoms with E-state index in [1.54, 1.807) is 7.05 Å². The Morgan fingerprint density at radius 1 is 1.71 bits per heavy atom. The average molecular weight is 116 g/mol. The zero-order valence-corrected chi connectivity index (χ0v) is 4.59. The molecule has 0 amide bonds. The van der Waals surface area contributed by atoms with E-state index in [0.717, 1.165) is 0 Å². The van der Waals surface area contributed by atoms with Gasteiger partial charge in [0.25, 0.3) is 19.2 Å². The standard InChI is InChI=1S/C2H4N4S/c1-6(7)2-3-4-5-6/h2H,1H3/q+1/t6-/m0/s1. The first-order chi connectivity index (χ1) is 3.21. The molecule has 1 rings (SSSR count). The molecule has 5 heteroatoms. The second kappa shape index (κ2) is 1.28. The minimum atomic E-state index is 0. The number of nitrogens with zero attached hydrogens (tertiary/aromatic N) is 4. The fourth-order valence-electron chi connectivity index (χ4n) is 0.245. The largest absolute Gasteiger partial charge is 0.252 e. The fourth-order valence-corrected chi connectivity index (χ4v) is 0.319. The van der Waals surface area contributed by atoms with Gasteiger partial charge in [-0.15, -0.1) is 0 Å². The Labute approximate surface area is 46.6 Å². The zero-order chi connectivity index (χ0) is 5.33. The molecule has 1 heterocycles. The van der Waals surface area contributed by atoms with Gasteiger partial charge in [-0.05, 0) is 0 Å². The summed E-state index contributed by atoms with van der Waals surface area (Å²) in [7, 11) is 1.70. The summed E-state index contributed by atoms with van der Waals surface area (Å²) >= 11 is 4.74. The smallest absolute Gasteiger partial charge is 0.0735 e. The molecule has 7 heavy (non-hydrogen) atoms. The van der Waals surface area contributed by atoms with E-state index in [-0.39, 0.29) is 4.00 Å². The third-order valence-corrected chi connectivity index (χ3v) is 0.702. The molecular formula is C2H4N4S+. The monoisotopic (exact) mass is 116 g/mol. The summed E-state index contributed by atoms with van der Waals surface area (Å²) in [6, 6.07) is 0. The topological polar surface area (TPSA) is 37.1 Å². The van der Waals surface area contributed by atoms with E-state index in [1.165, 1.54) is 6.34 Å². The van der Waals surface area contributed by atoms with E-state index in [9.17, 15) is 0 Å². The quantitative estimate of drug-likeness (QED) is 0.421. The van der Waals surface area contributed by atoms with Crippen LogP contribution in [0.1, 0.15) is 0 Å². The Kier molecular flexibility index (Phi) is 0.862. The zero-order valence-electron chi connectivity index (χ0n) is 3.77. The number of quaternary nitrogens is 1. The van der Waals surface area contributed by atoms with Crippen molar-refractivity contribution in [1.82, 2.24) is 0 Å². The highest BCUT2D eigenvalue weighted by atomic mass is 32.1. The van der Waals surface area contributed by atoms with Gasteiger partial charge in [0.05, 0.1) is 5.22 Å². The van der Waals surface area contributed by atoms with Gasteiger partial charge in [-0.1, -0.05) is 9.10 Å². The van der Waals surface area contributed by atoms with Crippen molar-refractivity contribution < 1.29 is 4.00 Å². The van der Waals surface area contributed by atoms with Crippen LogP contribution in [0.2, 0.25) is 0 Å². The van der Waals surface area contributed by atoms with Gasteiger partial charge < -0.3 is 0 Å². The normalized spacial score (nSPS) is 37.4. The van der Waals surface area contributed by atoms with Crippen molar-refractivity contribution in [2.24, 2.45) is 15.5 Å². The molecule has 4 nitrogen and oxygen atoms in total. The molecule has 0 spiro atoms. The van der Waals surface area contributed by atoms with Crippen LogP contribution in [0.3, 0.4) is 0 Å².